The van der Waals surface area contributed by atoms with Gasteiger partial charge in [0.1, 0.15) is 16.5 Å². The predicted molar refractivity (Wildman–Crippen MR) is 137 cm³/mol. The SMILES string of the molecule is OCC1CCN(c2nc(Nc3ncc(-c4nnc(-c5ccccc5)o4)s3)cc(N3CCOCC3)n2)C1. The van der Waals surface area contributed by atoms with E-state index < -0.39 is 0 Å². The quantitative estimate of drug-likeness (QED) is 0.384. The Morgan fingerprint density at radius 2 is 1.86 bits per heavy atom. The zero-order valence-electron chi connectivity index (χ0n) is 19.6. The molecule has 0 bridgehead atoms. The maximum Gasteiger partial charge on any atom is 0.259 e. The number of ether oxygens (including phenoxy) is 1. The second-order valence-electron chi connectivity index (χ2n) is 8.73. The maximum atomic E-state index is 9.58. The molecule has 0 saturated carbocycles. The minimum atomic E-state index is 0.175. The van der Waals surface area contributed by atoms with Crippen LogP contribution in [0.15, 0.2) is 47.0 Å². The van der Waals surface area contributed by atoms with Crippen LogP contribution in [0.2, 0.25) is 0 Å². The molecule has 11 nitrogen and oxygen atoms in total. The molecular formula is C24H26N8O3S. The molecule has 2 saturated heterocycles. The van der Waals surface area contributed by atoms with Crippen molar-refractivity contribution in [1.82, 2.24) is 25.1 Å². The molecule has 6 rings (SSSR count). The average Bonchev–Trinajstić information content (AvgIpc) is 3.70. The van der Waals surface area contributed by atoms with E-state index >= 15 is 0 Å². The number of aliphatic hydroxyl groups excluding tert-OH is 1. The van der Waals surface area contributed by atoms with Gasteiger partial charge in [-0.05, 0) is 18.6 Å². The standard InChI is InChI=1S/C24H26N8O3S/c33-15-16-6-7-32(14-16)23-26-19(12-20(28-23)31-8-10-34-11-9-31)27-24-25-13-18(36-24)22-30-29-21(35-22)17-4-2-1-3-5-17/h1-5,12-13,16,33H,6-11,14-15H2,(H,25,26,27,28). The number of thiazole rings is 1. The third-order valence-corrected chi connectivity index (χ3v) is 7.16. The van der Waals surface area contributed by atoms with Crippen molar-refractivity contribution in [3.63, 3.8) is 0 Å². The lowest BCUT2D eigenvalue weighted by atomic mass is 10.1. The Labute approximate surface area is 211 Å². The monoisotopic (exact) mass is 506 g/mol. The summed E-state index contributed by atoms with van der Waals surface area (Å²) in [6, 6.07) is 11.6. The van der Waals surface area contributed by atoms with Crippen molar-refractivity contribution in [2.24, 2.45) is 5.92 Å². The molecule has 5 heterocycles. The van der Waals surface area contributed by atoms with Crippen LogP contribution < -0.4 is 15.1 Å². The van der Waals surface area contributed by atoms with Gasteiger partial charge >= 0.3 is 0 Å². The van der Waals surface area contributed by atoms with Crippen molar-refractivity contribution in [3.05, 3.63) is 42.6 Å². The molecule has 0 aliphatic carbocycles. The predicted octanol–water partition coefficient (Wildman–Crippen LogP) is 3.05. The fraction of sp³-hybridized carbons (Fsp3) is 0.375. The molecule has 0 spiro atoms. The second kappa shape index (κ2) is 10.2. The first kappa shape index (κ1) is 22.8. The van der Waals surface area contributed by atoms with E-state index in [0.717, 1.165) is 48.9 Å². The highest BCUT2D eigenvalue weighted by Crippen LogP contribution is 2.33. The molecule has 36 heavy (non-hydrogen) atoms. The molecule has 2 N–H and O–H groups in total. The topological polar surface area (TPSA) is 126 Å². The lowest BCUT2D eigenvalue weighted by molar-refractivity contribution is 0.122. The molecule has 0 amide bonds. The minimum absolute atomic E-state index is 0.175. The van der Waals surface area contributed by atoms with Gasteiger partial charge in [-0.15, -0.1) is 10.2 Å². The summed E-state index contributed by atoms with van der Waals surface area (Å²) in [5, 5.41) is 21.9. The van der Waals surface area contributed by atoms with E-state index in [-0.39, 0.29) is 12.5 Å². The zero-order valence-corrected chi connectivity index (χ0v) is 20.4. The Hall–Kier alpha value is -3.61. The van der Waals surface area contributed by atoms with Gasteiger partial charge < -0.3 is 29.4 Å². The number of anilines is 4. The van der Waals surface area contributed by atoms with E-state index in [2.05, 4.69) is 30.3 Å². The van der Waals surface area contributed by atoms with E-state index in [1.807, 2.05) is 36.4 Å². The zero-order chi connectivity index (χ0) is 24.3. The van der Waals surface area contributed by atoms with Gasteiger partial charge in [0.05, 0.1) is 19.4 Å². The summed E-state index contributed by atoms with van der Waals surface area (Å²) in [6.07, 6.45) is 2.64. The molecule has 2 fully saturated rings. The lowest BCUT2D eigenvalue weighted by Crippen LogP contribution is -2.37. The van der Waals surface area contributed by atoms with Crippen LogP contribution in [0.1, 0.15) is 6.42 Å². The summed E-state index contributed by atoms with van der Waals surface area (Å²) >= 11 is 1.41. The average molecular weight is 507 g/mol. The van der Waals surface area contributed by atoms with Gasteiger partial charge in [-0.3, -0.25) is 0 Å². The van der Waals surface area contributed by atoms with Crippen molar-refractivity contribution in [2.45, 2.75) is 6.42 Å². The molecule has 2 aliphatic heterocycles. The molecule has 1 unspecified atom stereocenters. The summed E-state index contributed by atoms with van der Waals surface area (Å²) in [4.78, 5) is 19.2. The Morgan fingerprint density at radius 1 is 1.03 bits per heavy atom. The fourth-order valence-corrected chi connectivity index (χ4v) is 5.05. The van der Waals surface area contributed by atoms with Crippen molar-refractivity contribution >= 4 is 34.1 Å². The van der Waals surface area contributed by atoms with E-state index in [1.54, 1.807) is 6.20 Å². The summed E-state index contributed by atoms with van der Waals surface area (Å²) in [6.45, 7) is 4.63. The molecule has 0 radical (unpaired) electrons. The molecule has 3 aromatic heterocycles. The van der Waals surface area contributed by atoms with Gasteiger partial charge in [0, 0.05) is 50.3 Å². The first-order valence-corrected chi connectivity index (χ1v) is 12.8. The molecular weight excluding hydrogens is 480 g/mol. The molecule has 186 valence electrons. The van der Waals surface area contributed by atoms with Crippen molar-refractivity contribution in [3.8, 4) is 22.2 Å². The second-order valence-corrected chi connectivity index (χ2v) is 9.76. The van der Waals surface area contributed by atoms with Crippen LogP contribution in [-0.4, -0.2) is 76.3 Å². The van der Waals surface area contributed by atoms with Crippen LogP contribution in [0.3, 0.4) is 0 Å². The van der Waals surface area contributed by atoms with Crippen LogP contribution >= 0.6 is 11.3 Å². The third-order valence-electron chi connectivity index (χ3n) is 6.26. The van der Waals surface area contributed by atoms with Crippen LogP contribution in [0.25, 0.3) is 22.2 Å². The van der Waals surface area contributed by atoms with Gasteiger partial charge in [-0.25, -0.2) is 4.98 Å². The summed E-state index contributed by atoms with van der Waals surface area (Å²) < 4.78 is 11.4. The first-order valence-electron chi connectivity index (χ1n) is 11.9. The molecule has 4 aromatic rings. The third kappa shape index (κ3) is 4.87. The summed E-state index contributed by atoms with van der Waals surface area (Å²) in [5.41, 5.74) is 0.869. The Kier molecular flexibility index (Phi) is 6.45. The van der Waals surface area contributed by atoms with Gasteiger partial charge in [-0.2, -0.15) is 9.97 Å². The smallest absolute Gasteiger partial charge is 0.259 e. The minimum Gasteiger partial charge on any atom is -0.415 e. The number of aliphatic hydroxyl groups is 1. The van der Waals surface area contributed by atoms with Crippen molar-refractivity contribution in [2.75, 3.05) is 61.1 Å². The van der Waals surface area contributed by atoms with Crippen LogP contribution in [0.5, 0.6) is 0 Å². The molecule has 1 aromatic carbocycles. The lowest BCUT2D eigenvalue weighted by Gasteiger charge is -2.29. The van der Waals surface area contributed by atoms with Crippen LogP contribution in [-0.2, 0) is 4.74 Å². The Balaban J connectivity index is 1.24. The van der Waals surface area contributed by atoms with Gasteiger partial charge in [-0.1, -0.05) is 29.5 Å². The normalized spacial score (nSPS) is 18.1. The first-order chi connectivity index (χ1) is 17.7. The number of hydrogen-bond acceptors (Lipinski definition) is 12. The number of nitrogens with one attached hydrogen (secondary N) is 1. The number of hydrogen-bond donors (Lipinski definition) is 2. The number of nitrogens with zero attached hydrogens (tertiary/aromatic N) is 7. The highest BCUT2D eigenvalue weighted by atomic mass is 32.1. The maximum absolute atomic E-state index is 9.58. The van der Waals surface area contributed by atoms with E-state index in [4.69, 9.17) is 19.1 Å². The number of rotatable bonds is 7. The Morgan fingerprint density at radius 3 is 2.67 bits per heavy atom. The van der Waals surface area contributed by atoms with E-state index in [9.17, 15) is 5.11 Å². The number of morpholine rings is 1. The number of benzene rings is 1. The van der Waals surface area contributed by atoms with Crippen molar-refractivity contribution in [1.29, 1.82) is 0 Å². The van der Waals surface area contributed by atoms with Crippen LogP contribution in [0, 0.1) is 5.92 Å². The highest BCUT2D eigenvalue weighted by molar-refractivity contribution is 7.18. The Bertz CT molecular complexity index is 1310. The summed E-state index contributed by atoms with van der Waals surface area (Å²) in [5.74, 6) is 3.29. The van der Waals surface area contributed by atoms with E-state index in [0.29, 0.717) is 41.9 Å². The fourth-order valence-electron chi connectivity index (χ4n) is 4.31. The largest absolute Gasteiger partial charge is 0.415 e. The molecule has 1 atom stereocenters. The molecule has 2 aliphatic rings. The van der Waals surface area contributed by atoms with Gasteiger partial charge in [0.2, 0.25) is 11.8 Å². The van der Waals surface area contributed by atoms with E-state index in [1.165, 1.54) is 11.3 Å². The van der Waals surface area contributed by atoms with Crippen LogP contribution in [0.4, 0.5) is 22.7 Å². The van der Waals surface area contributed by atoms with Crippen molar-refractivity contribution < 1.29 is 14.3 Å². The highest BCUT2D eigenvalue weighted by Gasteiger charge is 2.26. The van der Waals surface area contributed by atoms with Gasteiger partial charge in [0.25, 0.3) is 5.89 Å². The summed E-state index contributed by atoms with van der Waals surface area (Å²) in [7, 11) is 0. The number of aromatic nitrogens is 5. The van der Waals surface area contributed by atoms with Gasteiger partial charge in [0.15, 0.2) is 5.13 Å². The molecule has 12 heteroatoms.